The number of hydrogen-bond acceptors (Lipinski definition) is 1. The van der Waals surface area contributed by atoms with Crippen molar-refractivity contribution in [2.75, 3.05) is 5.32 Å². The molecule has 0 heterocycles. The van der Waals surface area contributed by atoms with Crippen LogP contribution in [0.1, 0.15) is 20.8 Å². The lowest BCUT2D eigenvalue weighted by Crippen LogP contribution is -2.27. The van der Waals surface area contributed by atoms with E-state index in [9.17, 15) is 4.79 Å². The molecule has 0 aromatic heterocycles. The van der Waals surface area contributed by atoms with Crippen LogP contribution in [0, 0.1) is 5.41 Å². The van der Waals surface area contributed by atoms with Crippen molar-refractivity contribution < 1.29 is 4.79 Å². The highest BCUT2D eigenvalue weighted by Gasteiger charge is 2.21. The highest BCUT2D eigenvalue weighted by Crippen LogP contribution is 2.26. The number of amides is 1. The van der Waals surface area contributed by atoms with Gasteiger partial charge in [-0.1, -0.05) is 32.4 Å². The maximum absolute atomic E-state index is 11.7. The number of rotatable bonds is 1. The van der Waals surface area contributed by atoms with Crippen LogP contribution in [0.4, 0.5) is 5.69 Å². The molecule has 0 spiro atoms. The summed E-state index contributed by atoms with van der Waals surface area (Å²) in [5.74, 6) is -0.0270. The van der Waals surface area contributed by atoms with Gasteiger partial charge in [0.25, 0.3) is 0 Å². The van der Waals surface area contributed by atoms with Gasteiger partial charge in [0.15, 0.2) is 0 Å². The minimum Gasteiger partial charge on any atom is -0.326 e. The summed E-state index contributed by atoms with van der Waals surface area (Å²) < 4.78 is 0.818. The fourth-order valence-electron chi connectivity index (χ4n) is 0.892. The van der Waals surface area contributed by atoms with Gasteiger partial charge in [0.2, 0.25) is 5.91 Å². The van der Waals surface area contributed by atoms with Gasteiger partial charge in [0.1, 0.15) is 0 Å². The van der Waals surface area contributed by atoms with E-state index in [-0.39, 0.29) is 5.91 Å². The fourth-order valence-corrected chi connectivity index (χ4v) is 1.32. The van der Waals surface area contributed by atoms with E-state index in [1.165, 1.54) is 0 Å². The van der Waals surface area contributed by atoms with Gasteiger partial charge in [-0.3, -0.25) is 4.79 Å². The standard InChI is InChI=1S/C11H13BrClNO/c1-11(2,3)10(15)14-7-4-5-8(12)9(13)6-7/h4-6H,1-3H3,(H,14,15). The number of benzene rings is 1. The van der Waals surface area contributed by atoms with Crippen LogP contribution in [0.2, 0.25) is 5.02 Å². The third-order valence-electron chi connectivity index (χ3n) is 1.86. The number of carbonyl (C=O) groups excluding carboxylic acids is 1. The zero-order valence-electron chi connectivity index (χ0n) is 8.90. The van der Waals surface area contributed by atoms with Gasteiger partial charge in [0.05, 0.1) is 5.02 Å². The molecule has 0 radical (unpaired) electrons. The summed E-state index contributed by atoms with van der Waals surface area (Å²) in [6.45, 7) is 5.59. The molecule has 0 saturated heterocycles. The molecule has 0 saturated carbocycles. The number of halogens is 2. The minimum atomic E-state index is -0.403. The van der Waals surface area contributed by atoms with Crippen LogP contribution in [0.25, 0.3) is 0 Å². The first-order valence-electron chi connectivity index (χ1n) is 4.57. The second-order valence-corrected chi connectivity index (χ2v) is 5.59. The summed E-state index contributed by atoms with van der Waals surface area (Å²) in [6.07, 6.45) is 0. The molecule has 0 aliphatic carbocycles. The van der Waals surface area contributed by atoms with Crippen LogP contribution < -0.4 is 5.32 Å². The molecule has 1 amide bonds. The van der Waals surface area contributed by atoms with Gasteiger partial charge in [-0.25, -0.2) is 0 Å². The van der Waals surface area contributed by atoms with Gasteiger partial charge in [-0.05, 0) is 34.1 Å². The first-order chi connectivity index (χ1) is 6.80. The Balaban J connectivity index is 2.83. The molecule has 1 N–H and O–H groups in total. The monoisotopic (exact) mass is 289 g/mol. The average Bonchev–Trinajstić information content (AvgIpc) is 2.10. The molecule has 0 unspecified atom stereocenters. The van der Waals surface area contributed by atoms with Crippen LogP contribution >= 0.6 is 27.5 Å². The largest absolute Gasteiger partial charge is 0.326 e. The highest BCUT2D eigenvalue weighted by molar-refractivity contribution is 9.10. The van der Waals surface area contributed by atoms with E-state index in [1.54, 1.807) is 18.2 Å². The van der Waals surface area contributed by atoms with E-state index < -0.39 is 5.41 Å². The van der Waals surface area contributed by atoms with E-state index in [4.69, 9.17) is 11.6 Å². The topological polar surface area (TPSA) is 29.1 Å². The van der Waals surface area contributed by atoms with Gasteiger partial charge in [-0.2, -0.15) is 0 Å². The SMILES string of the molecule is CC(C)(C)C(=O)Nc1ccc(Br)c(Cl)c1. The first kappa shape index (κ1) is 12.5. The van der Waals surface area contributed by atoms with Crippen molar-refractivity contribution in [2.24, 2.45) is 5.41 Å². The summed E-state index contributed by atoms with van der Waals surface area (Å²) in [6, 6.07) is 5.33. The van der Waals surface area contributed by atoms with Crippen molar-refractivity contribution in [1.82, 2.24) is 0 Å². The molecule has 1 rings (SSSR count). The second-order valence-electron chi connectivity index (χ2n) is 4.33. The number of anilines is 1. The van der Waals surface area contributed by atoms with Crippen molar-refractivity contribution in [3.05, 3.63) is 27.7 Å². The predicted molar refractivity (Wildman–Crippen MR) is 67.2 cm³/mol. The maximum atomic E-state index is 11.7. The summed E-state index contributed by atoms with van der Waals surface area (Å²) in [7, 11) is 0. The normalized spacial score (nSPS) is 11.3. The van der Waals surface area contributed by atoms with E-state index in [0.717, 1.165) is 4.47 Å². The number of hydrogen-bond donors (Lipinski definition) is 1. The number of carbonyl (C=O) groups is 1. The molecule has 1 aromatic carbocycles. The van der Waals surface area contributed by atoms with Crippen LogP contribution in [-0.2, 0) is 4.79 Å². The molecular weight excluding hydrogens is 277 g/mol. The minimum absolute atomic E-state index is 0.0270. The van der Waals surface area contributed by atoms with Crippen molar-refractivity contribution in [3.63, 3.8) is 0 Å². The lowest BCUT2D eigenvalue weighted by Gasteiger charge is -2.17. The van der Waals surface area contributed by atoms with Gasteiger partial charge in [-0.15, -0.1) is 0 Å². The molecule has 0 aliphatic rings. The first-order valence-corrected chi connectivity index (χ1v) is 5.74. The lowest BCUT2D eigenvalue weighted by atomic mass is 9.95. The molecule has 4 heteroatoms. The molecule has 1 aromatic rings. The van der Waals surface area contributed by atoms with E-state index in [1.807, 2.05) is 20.8 Å². The molecule has 2 nitrogen and oxygen atoms in total. The Morgan fingerprint density at radius 3 is 2.47 bits per heavy atom. The van der Waals surface area contributed by atoms with E-state index in [2.05, 4.69) is 21.2 Å². The Morgan fingerprint density at radius 1 is 1.40 bits per heavy atom. The summed E-state index contributed by atoms with van der Waals surface area (Å²) >= 11 is 9.20. The maximum Gasteiger partial charge on any atom is 0.229 e. The van der Waals surface area contributed by atoms with Gasteiger partial charge in [0, 0.05) is 15.6 Å². The average molecular weight is 291 g/mol. The second kappa shape index (κ2) is 4.54. The molecular formula is C11H13BrClNO. The molecule has 0 atom stereocenters. The van der Waals surface area contributed by atoms with Crippen LogP contribution in [0.5, 0.6) is 0 Å². The number of nitrogens with one attached hydrogen (secondary N) is 1. The quantitative estimate of drug-likeness (QED) is 0.829. The third kappa shape index (κ3) is 3.50. The van der Waals surface area contributed by atoms with Crippen molar-refractivity contribution in [3.8, 4) is 0 Å². The summed E-state index contributed by atoms with van der Waals surface area (Å²) in [5.41, 5.74) is 0.308. The molecule has 0 bridgehead atoms. The van der Waals surface area contributed by atoms with Crippen molar-refractivity contribution in [2.45, 2.75) is 20.8 Å². The fraction of sp³-hybridized carbons (Fsp3) is 0.364. The predicted octanol–water partition coefficient (Wildman–Crippen LogP) is 4.09. The smallest absolute Gasteiger partial charge is 0.229 e. The Kier molecular flexibility index (Phi) is 3.79. The molecule has 0 aliphatic heterocycles. The van der Waals surface area contributed by atoms with Gasteiger partial charge >= 0.3 is 0 Å². The Morgan fingerprint density at radius 2 is 2.00 bits per heavy atom. The Bertz CT molecular complexity index is 385. The van der Waals surface area contributed by atoms with Crippen LogP contribution in [0.15, 0.2) is 22.7 Å². The molecule has 82 valence electrons. The van der Waals surface area contributed by atoms with Gasteiger partial charge < -0.3 is 5.32 Å². The van der Waals surface area contributed by atoms with Crippen molar-refractivity contribution in [1.29, 1.82) is 0 Å². The lowest BCUT2D eigenvalue weighted by molar-refractivity contribution is -0.123. The zero-order valence-corrected chi connectivity index (χ0v) is 11.2. The van der Waals surface area contributed by atoms with E-state index in [0.29, 0.717) is 10.7 Å². The molecule has 15 heavy (non-hydrogen) atoms. The Labute approximate surface area is 103 Å². The Hall–Kier alpha value is -0.540. The molecule has 0 fully saturated rings. The van der Waals surface area contributed by atoms with E-state index >= 15 is 0 Å². The van der Waals surface area contributed by atoms with Crippen molar-refractivity contribution >= 4 is 39.1 Å². The summed E-state index contributed by atoms with van der Waals surface area (Å²) in [5, 5.41) is 3.39. The zero-order chi connectivity index (χ0) is 11.6. The van der Waals surface area contributed by atoms with Crippen LogP contribution in [0.3, 0.4) is 0 Å². The van der Waals surface area contributed by atoms with Crippen LogP contribution in [-0.4, -0.2) is 5.91 Å². The highest BCUT2D eigenvalue weighted by atomic mass is 79.9. The third-order valence-corrected chi connectivity index (χ3v) is 3.09. The summed E-state index contributed by atoms with van der Waals surface area (Å²) in [4.78, 5) is 11.7.